The molecule has 0 unspecified atom stereocenters. The zero-order valence-electron chi connectivity index (χ0n) is 10.3. The lowest BCUT2D eigenvalue weighted by atomic mass is 10.3. The van der Waals surface area contributed by atoms with Crippen molar-refractivity contribution in [1.29, 1.82) is 0 Å². The van der Waals surface area contributed by atoms with Crippen LogP contribution < -0.4 is 10.1 Å². The molecule has 4 nitrogen and oxygen atoms in total. The number of benzene rings is 1. The van der Waals surface area contributed by atoms with Gasteiger partial charge >= 0.3 is 0 Å². The molecule has 0 aliphatic heterocycles. The fourth-order valence-corrected chi connectivity index (χ4v) is 2.22. The van der Waals surface area contributed by atoms with Crippen LogP contribution in [0.25, 0.3) is 0 Å². The van der Waals surface area contributed by atoms with Gasteiger partial charge in [0, 0.05) is 22.4 Å². The minimum absolute atomic E-state index is 0.539. The minimum Gasteiger partial charge on any atom is -0.437 e. The third-order valence-corrected chi connectivity index (χ3v) is 3.50. The summed E-state index contributed by atoms with van der Waals surface area (Å²) in [5.74, 6) is 1.32. The fraction of sp³-hybridized carbons (Fsp3) is 0.286. The molecule has 1 saturated carbocycles. The molecule has 0 saturated heterocycles. The molecule has 0 spiro atoms. The summed E-state index contributed by atoms with van der Waals surface area (Å²) in [6, 6.07) is 8.54. The van der Waals surface area contributed by atoms with E-state index >= 15 is 0 Å². The maximum atomic E-state index is 5.72. The molecule has 19 heavy (non-hydrogen) atoms. The lowest BCUT2D eigenvalue weighted by molar-refractivity contribution is 0.456. The SMILES string of the molecule is Ic1cccc(Oc2cncc(CNC3CC3)n2)c1. The third-order valence-electron chi connectivity index (χ3n) is 2.83. The third kappa shape index (κ3) is 3.87. The van der Waals surface area contributed by atoms with Crippen LogP contribution in [0.5, 0.6) is 11.6 Å². The lowest BCUT2D eigenvalue weighted by Gasteiger charge is -2.07. The van der Waals surface area contributed by atoms with Crippen LogP contribution in [0.15, 0.2) is 36.7 Å². The molecule has 2 aromatic rings. The van der Waals surface area contributed by atoms with Crippen LogP contribution in [0.3, 0.4) is 0 Å². The molecule has 0 bridgehead atoms. The van der Waals surface area contributed by atoms with Gasteiger partial charge in [0.05, 0.1) is 11.9 Å². The quantitative estimate of drug-likeness (QED) is 0.825. The number of nitrogens with zero attached hydrogens (tertiary/aromatic N) is 2. The monoisotopic (exact) mass is 367 g/mol. The number of halogens is 1. The molecule has 5 heteroatoms. The fourth-order valence-electron chi connectivity index (χ4n) is 1.71. The number of hydrogen-bond acceptors (Lipinski definition) is 4. The Hall–Kier alpha value is -1.21. The standard InChI is InChI=1S/C14H14IN3O/c15-10-2-1-3-13(6-10)19-14-9-16-7-12(18-14)8-17-11-4-5-11/h1-3,6-7,9,11,17H,4-5,8H2. The van der Waals surface area contributed by atoms with E-state index in [0.29, 0.717) is 11.9 Å². The van der Waals surface area contributed by atoms with Crippen LogP contribution in [0.1, 0.15) is 18.5 Å². The van der Waals surface area contributed by atoms with E-state index < -0.39 is 0 Å². The summed E-state index contributed by atoms with van der Waals surface area (Å²) < 4.78 is 6.85. The lowest BCUT2D eigenvalue weighted by Crippen LogP contribution is -2.16. The van der Waals surface area contributed by atoms with Crippen LogP contribution >= 0.6 is 22.6 Å². The summed E-state index contributed by atoms with van der Waals surface area (Å²) in [6.07, 6.45) is 5.95. The van der Waals surface area contributed by atoms with Gasteiger partial charge in [-0.3, -0.25) is 4.98 Å². The van der Waals surface area contributed by atoms with Gasteiger partial charge in [0.2, 0.25) is 5.88 Å². The highest BCUT2D eigenvalue weighted by Gasteiger charge is 2.20. The van der Waals surface area contributed by atoms with Crippen LogP contribution in [0.4, 0.5) is 0 Å². The van der Waals surface area contributed by atoms with E-state index in [1.807, 2.05) is 24.3 Å². The highest BCUT2D eigenvalue weighted by atomic mass is 127. The van der Waals surface area contributed by atoms with Crippen molar-refractivity contribution >= 4 is 22.6 Å². The molecule has 1 aromatic heterocycles. The van der Waals surface area contributed by atoms with Gasteiger partial charge in [-0.1, -0.05) is 6.07 Å². The first-order valence-electron chi connectivity index (χ1n) is 6.27. The Balaban J connectivity index is 1.67. The Bertz CT molecular complexity index is 572. The Morgan fingerprint density at radius 1 is 1.32 bits per heavy atom. The van der Waals surface area contributed by atoms with E-state index in [4.69, 9.17) is 4.74 Å². The molecule has 98 valence electrons. The first-order valence-corrected chi connectivity index (χ1v) is 7.35. The van der Waals surface area contributed by atoms with Gasteiger partial charge in [0.15, 0.2) is 0 Å². The van der Waals surface area contributed by atoms with E-state index in [9.17, 15) is 0 Å². The maximum Gasteiger partial charge on any atom is 0.238 e. The molecule has 0 atom stereocenters. The second-order valence-electron chi connectivity index (χ2n) is 4.56. The highest BCUT2D eigenvalue weighted by molar-refractivity contribution is 14.1. The number of aromatic nitrogens is 2. The maximum absolute atomic E-state index is 5.72. The van der Waals surface area contributed by atoms with E-state index in [0.717, 1.165) is 21.6 Å². The summed E-state index contributed by atoms with van der Waals surface area (Å²) in [4.78, 5) is 8.62. The van der Waals surface area contributed by atoms with Crippen molar-refractivity contribution in [3.63, 3.8) is 0 Å². The van der Waals surface area contributed by atoms with Crippen molar-refractivity contribution in [1.82, 2.24) is 15.3 Å². The van der Waals surface area contributed by atoms with Gasteiger partial charge < -0.3 is 10.1 Å². The second kappa shape index (κ2) is 5.83. The second-order valence-corrected chi connectivity index (χ2v) is 5.81. The predicted molar refractivity (Wildman–Crippen MR) is 81.1 cm³/mol. The van der Waals surface area contributed by atoms with Gasteiger partial charge in [0.1, 0.15) is 5.75 Å². The van der Waals surface area contributed by atoms with Crippen molar-refractivity contribution in [3.8, 4) is 11.6 Å². The zero-order valence-corrected chi connectivity index (χ0v) is 12.5. The van der Waals surface area contributed by atoms with Crippen LogP contribution in [-0.2, 0) is 6.54 Å². The van der Waals surface area contributed by atoms with Crippen molar-refractivity contribution < 1.29 is 4.74 Å². The smallest absolute Gasteiger partial charge is 0.238 e. The van der Waals surface area contributed by atoms with Crippen LogP contribution in [0.2, 0.25) is 0 Å². The Kier molecular flexibility index (Phi) is 3.93. The van der Waals surface area contributed by atoms with Gasteiger partial charge in [-0.15, -0.1) is 0 Å². The van der Waals surface area contributed by atoms with Crippen molar-refractivity contribution in [2.45, 2.75) is 25.4 Å². The molecular formula is C14H14IN3O. The normalized spacial score (nSPS) is 14.4. The molecule has 0 amide bonds. The number of rotatable bonds is 5. The summed E-state index contributed by atoms with van der Waals surface area (Å²) in [6.45, 7) is 0.751. The topological polar surface area (TPSA) is 47.0 Å². The Morgan fingerprint density at radius 3 is 3.00 bits per heavy atom. The van der Waals surface area contributed by atoms with E-state index in [1.165, 1.54) is 12.8 Å². The largest absolute Gasteiger partial charge is 0.437 e. The number of ether oxygens (including phenoxy) is 1. The van der Waals surface area contributed by atoms with Crippen LogP contribution in [-0.4, -0.2) is 16.0 Å². The molecule has 1 N–H and O–H groups in total. The molecule has 0 radical (unpaired) electrons. The average Bonchev–Trinajstić information content (AvgIpc) is 3.21. The Labute approximate surface area is 125 Å². The summed E-state index contributed by atoms with van der Waals surface area (Å²) in [5, 5.41) is 3.41. The van der Waals surface area contributed by atoms with E-state index in [1.54, 1.807) is 12.4 Å². The predicted octanol–water partition coefficient (Wildman–Crippen LogP) is 3.13. The molecule has 1 aliphatic carbocycles. The van der Waals surface area contributed by atoms with E-state index in [-0.39, 0.29) is 0 Å². The zero-order chi connectivity index (χ0) is 13.1. The summed E-state index contributed by atoms with van der Waals surface area (Å²) in [5.41, 5.74) is 0.912. The number of hydrogen-bond donors (Lipinski definition) is 1. The van der Waals surface area contributed by atoms with Crippen LogP contribution in [0, 0.1) is 3.57 Å². The van der Waals surface area contributed by atoms with Gasteiger partial charge in [-0.05, 0) is 53.6 Å². The average molecular weight is 367 g/mol. The highest BCUT2D eigenvalue weighted by Crippen LogP contribution is 2.21. The number of nitrogens with one attached hydrogen (secondary N) is 1. The van der Waals surface area contributed by atoms with Crippen molar-refractivity contribution in [2.24, 2.45) is 0 Å². The summed E-state index contributed by atoms with van der Waals surface area (Å²) in [7, 11) is 0. The molecule has 1 fully saturated rings. The summed E-state index contributed by atoms with van der Waals surface area (Å²) >= 11 is 2.26. The molecule has 1 heterocycles. The van der Waals surface area contributed by atoms with Crippen molar-refractivity contribution in [3.05, 3.63) is 45.9 Å². The van der Waals surface area contributed by atoms with E-state index in [2.05, 4.69) is 37.9 Å². The molecule has 1 aromatic carbocycles. The first-order chi connectivity index (χ1) is 9.29. The van der Waals surface area contributed by atoms with Gasteiger partial charge in [0.25, 0.3) is 0 Å². The molecular weight excluding hydrogens is 353 g/mol. The first kappa shape index (κ1) is 12.8. The Morgan fingerprint density at radius 2 is 2.21 bits per heavy atom. The van der Waals surface area contributed by atoms with Crippen molar-refractivity contribution in [2.75, 3.05) is 0 Å². The van der Waals surface area contributed by atoms with Gasteiger partial charge in [-0.2, -0.15) is 0 Å². The van der Waals surface area contributed by atoms with Gasteiger partial charge in [-0.25, -0.2) is 4.98 Å². The minimum atomic E-state index is 0.539. The molecule has 1 aliphatic rings. The molecule has 3 rings (SSSR count).